The van der Waals surface area contributed by atoms with Crippen LogP contribution in [0.4, 0.5) is 0 Å². The lowest BCUT2D eigenvalue weighted by Gasteiger charge is -2.07. The van der Waals surface area contributed by atoms with E-state index in [0.717, 1.165) is 18.8 Å². The Balaban J connectivity index is 1.79. The summed E-state index contributed by atoms with van der Waals surface area (Å²) in [6.07, 6.45) is 3.87. The molecule has 0 bridgehead atoms. The molecule has 0 saturated heterocycles. The van der Waals surface area contributed by atoms with E-state index in [9.17, 15) is 0 Å². The molecule has 0 aliphatic carbocycles. The van der Waals surface area contributed by atoms with Crippen LogP contribution in [0.25, 0.3) is 0 Å². The Morgan fingerprint density at radius 1 is 1.28 bits per heavy atom. The van der Waals surface area contributed by atoms with E-state index in [-0.39, 0.29) is 0 Å². The lowest BCUT2D eigenvalue weighted by Crippen LogP contribution is -2.08. The van der Waals surface area contributed by atoms with Gasteiger partial charge in [0, 0.05) is 12.7 Å². The van der Waals surface area contributed by atoms with Crippen LogP contribution in [0.3, 0.4) is 0 Å². The minimum atomic E-state index is 0.631. The van der Waals surface area contributed by atoms with Crippen LogP contribution in [-0.4, -0.2) is 23.4 Å². The standard InChI is InChI=1S/C14H19N3O/c1-12-9-16-17(11-12)7-8-18-14-5-3-13(4-6-14)10-15-2/h3-6,9,11,15H,7-8,10H2,1-2H3. The Labute approximate surface area is 108 Å². The summed E-state index contributed by atoms with van der Waals surface area (Å²) in [6, 6.07) is 8.15. The van der Waals surface area contributed by atoms with Crippen LogP contribution in [0, 0.1) is 6.92 Å². The zero-order valence-electron chi connectivity index (χ0n) is 10.9. The van der Waals surface area contributed by atoms with E-state index >= 15 is 0 Å². The van der Waals surface area contributed by atoms with Gasteiger partial charge in [-0.2, -0.15) is 5.10 Å². The number of nitrogens with one attached hydrogen (secondary N) is 1. The van der Waals surface area contributed by atoms with Crippen molar-refractivity contribution in [3.63, 3.8) is 0 Å². The van der Waals surface area contributed by atoms with E-state index in [1.54, 1.807) is 0 Å². The normalized spacial score (nSPS) is 10.6. The molecule has 0 amide bonds. The number of nitrogens with zero attached hydrogens (tertiary/aromatic N) is 2. The predicted octanol–water partition coefficient (Wildman–Crippen LogP) is 1.99. The van der Waals surface area contributed by atoms with Crippen molar-refractivity contribution in [2.75, 3.05) is 13.7 Å². The van der Waals surface area contributed by atoms with Crippen LogP contribution >= 0.6 is 0 Å². The summed E-state index contributed by atoms with van der Waals surface area (Å²) >= 11 is 0. The topological polar surface area (TPSA) is 39.1 Å². The van der Waals surface area contributed by atoms with Gasteiger partial charge in [0.15, 0.2) is 0 Å². The van der Waals surface area contributed by atoms with Crippen LogP contribution in [-0.2, 0) is 13.1 Å². The Hall–Kier alpha value is -1.81. The van der Waals surface area contributed by atoms with Gasteiger partial charge in [-0.25, -0.2) is 0 Å². The maximum atomic E-state index is 5.67. The van der Waals surface area contributed by atoms with Gasteiger partial charge < -0.3 is 10.1 Å². The van der Waals surface area contributed by atoms with E-state index in [2.05, 4.69) is 22.5 Å². The Morgan fingerprint density at radius 3 is 2.67 bits per heavy atom. The molecule has 0 radical (unpaired) electrons. The van der Waals surface area contributed by atoms with Crippen LogP contribution in [0.1, 0.15) is 11.1 Å². The molecule has 0 unspecified atom stereocenters. The Bertz CT molecular complexity index is 476. The van der Waals surface area contributed by atoms with Crippen molar-refractivity contribution >= 4 is 0 Å². The van der Waals surface area contributed by atoms with Crippen LogP contribution in [0.2, 0.25) is 0 Å². The molecule has 2 aromatic rings. The zero-order chi connectivity index (χ0) is 12.8. The van der Waals surface area contributed by atoms with Gasteiger partial charge >= 0.3 is 0 Å². The number of hydrogen-bond acceptors (Lipinski definition) is 3. The molecular formula is C14H19N3O. The van der Waals surface area contributed by atoms with Crippen LogP contribution in [0.5, 0.6) is 5.75 Å². The SMILES string of the molecule is CNCc1ccc(OCCn2cc(C)cn2)cc1. The van der Waals surface area contributed by atoms with E-state index in [4.69, 9.17) is 4.74 Å². The monoisotopic (exact) mass is 245 g/mol. The number of aryl methyl sites for hydroxylation is 1. The fraction of sp³-hybridized carbons (Fsp3) is 0.357. The van der Waals surface area contributed by atoms with Gasteiger partial charge in [-0.3, -0.25) is 4.68 Å². The number of ether oxygens (including phenoxy) is 1. The summed E-state index contributed by atoms with van der Waals surface area (Å²) in [4.78, 5) is 0. The van der Waals surface area contributed by atoms with E-state index < -0.39 is 0 Å². The van der Waals surface area contributed by atoms with Gasteiger partial charge in [0.05, 0.1) is 12.7 Å². The highest BCUT2D eigenvalue weighted by Crippen LogP contribution is 2.12. The molecule has 4 nitrogen and oxygen atoms in total. The average molecular weight is 245 g/mol. The Kier molecular flexibility index (Phi) is 4.36. The second kappa shape index (κ2) is 6.21. The van der Waals surface area contributed by atoms with Crippen molar-refractivity contribution in [3.05, 3.63) is 47.8 Å². The van der Waals surface area contributed by atoms with Crippen LogP contribution < -0.4 is 10.1 Å². The third kappa shape index (κ3) is 3.60. The maximum Gasteiger partial charge on any atom is 0.119 e. The molecule has 4 heteroatoms. The van der Waals surface area contributed by atoms with Crippen LogP contribution in [0.15, 0.2) is 36.7 Å². The second-order valence-corrected chi connectivity index (χ2v) is 4.30. The summed E-state index contributed by atoms with van der Waals surface area (Å²) in [7, 11) is 1.94. The molecule has 1 aromatic heterocycles. The highest BCUT2D eigenvalue weighted by molar-refractivity contribution is 5.27. The molecule has 0 fully saturated rings. The quantitative estimate of drug-likeness (QED) is 0.846. The lowest BCUT2D eigenvalue weighted by atomic mass is 10.2. The van der Waals surface area contributed by atoms with Crippen molar-refractivity contribution < 1.29 is 4.74 Å². The summed E-state index contributed by atoms with van der Waals surface area (Å²) in [5.74, 6) is 0.902. The number of aromatic nitrogens is 2. The molecule has 0 aliphatic heterocycles. The van der Waals surface area contributed by atoms with Gasteiger partial charge in [0.25, 0.3) is 0 Å². The van der Waals surface area contributed by atoms with Gasteiger partial charge in [-0.15, -0.1) is 0 Å². The first-order valence-corrected chi connectivity index (χ1v) is 6.13. The van der Waals surface area contributed by atoms with Crippen molar-refractivity contribution in [2.24, 2.45) is 0 Å². The number of benzene rings is 1. The second-order valence-electron chi connectivity index (χ2n) is 4.30. The third-order valence-corrected chi connectivity index (χ3v) is 2.66. The fourth-order valence-corrected chi connectivity index (χ4v) is 1.75. The maximum absolute atomic E-state index is 5.67. The predicted molar refractivity (Wildman–Crippen MR) is 71.7 cm³/mol. The zero-order valence-corrected chi connectivity index (χ0v) is 10.9. The summed E-state index contributed by atoms with van der Waals surface area (Å²) in [6.45, 7) is 4.32. The number of rotatable bonds is 6. The van der Waals surface area contributed by atoms with Crippen molar-refractivity contribution in [3.8, 4) is 5.75 Å². The van der Waals surface area contributed by atoms with Crippen molar-refractivity contribution in [2.45, 2.75) is 20.0 Å². The molecule has 0 saturated carbocycles. The molecule has 18 heavy (non-hydrogen) atoms. The third-order valence-electron chi connectivity index (χ3n) is 2.66. The molecule has 0 aliphatic rings. The minimum Gasteiger partial charge on any atom is -0.492 e. The highest BCUT2D eigenvalue weighted by atomic mass is 16.5. The first-order chi connectivity index (χ1) is 8.78. The molecule has 1 heterocycles. The molecule has 0 atom stereocenters. The Morgan fingerprint density at radius 2 is 2.06 bits per heavy atom. The summed E-state index contributed by atoms with van der Waals surface area (Å²) in [5, 5.41) is 7.33. The minimum absolute atomic E-state index is 0.631. The molecule has 96 valence electrons. The molecule has 1 N–H and O–H groups in total. The van der Waals surface area contributed by atoms with Gasteiger partial charge in [0.1, 0.15) is 12.4 Å². The van der Waals surface area contributed by atoms with Gasteiger partial charge in [-0.05, 0) is 37.2 Å². The van der Waals surface area contributed by atoms with Crippen molar-refractivity contribution in [1.29, 1.82) is 0 Å². The lowest BCUT2D eigenvalue weighted by molar-refractivity contribution is 0.291. The van der Waals surface area contributed by atoms with E-state index in [1.807, 2.05) is 43.2 Å². The first-order valence-electron chi connectivity index (χ1n) is 6.13. The van der Waals surface area contributed by atoms with E-state index in [0.29, 0.717) is 6.61 Å². The number of hydrogen-bond donors (Lipinski definition) is 1. The molecule has 1 aromatic carbocycles. The molecule has 0 spiro atoms. The molecule has 2 rings (SSSR count). The van der Waals surface area contributed by atoms with E-state index in [1.165, 1.54) is 11.1 Å². The highest BCUT2D eigenvalue weighted by Gasteiger charge is 1.97. The first kappa shape index (κ1) is 12.6. The fourth-order valence-electron chi connectivity index (χ4n) is 1.75. The van der Waals surface area contributed by atoms with Crippen molar-refractivity contribution in [1.82, 2.24) is 15.1 Å². The molecular weight excluding hydrogens is 226 g/mol. The largest absolute Gasteiger partial charge is 0.492 e. The summed E-state index contributed by atoms with van der Waals surface area (Å²) in [5.41, 5.74) is 2.43. The average Bonchev–Trinajstić information content (AvgIpc) is 2.78. The van der Waals surface area contributed by atoms with Gasteiger partial charge in [0.2, 0.25) is 0 Å². The smallest absolute Gasteiger partial charge is 0.119 e. The summed E-state index contributed by atoms with van der Waals surface area (Å²) < 4.78 is 7.56. The van der Waals surface area contributed by atoms with Gasteiger partial charge in [-0.1, -0.05) is 12.1 Å².